The zero-order valence-corrected chi connectivity index (χ0v) is 11.6. The summed E-state index contributed by atoms with van der Waals surface area (Å²) < 4.78 is 0. The molecule has 3 heteroatoms. The van der Waals surface area contributed by atoms with Crippen LogP contribution in [0.2, 0.25) is 0 Å². The third-order valence-electron chi connectivity index (χ3n) is 3.76. The molecule has 1 heterocycles. The summed E-state index contributed by atoms with van der Waals surface area (Å²) in [5, 5.41) is 9.56. The molecule has 0 radical (unpaired) electrons. The van der Waals surface area contributed by atoms with Gasteiger partial charge in [0.15, 0.2) is 0 Å². The predicted molar refractivity (Wildman–Crippen MR) is 78.6 cm³/mol. The van der Waals surface area contributed by atoms with Crippen molar-refractivity contribution in [1.29, 1.82) is 0 Å². The van der Waals surface area contributed by atoms with Crippen molar-refractivity contribution >= 4 is 5.97 Å². The van der Waals surface area contributed by atoms with Crippen molar-refractivity contribution in [3.05, 3.63) is 66.0 Å². The summed E-state index contributed by atoms with van der Waals surface area (Å²) in [5.41, 5.74) is 1.13. The quantitative estimate of drug-likeness (QED) is 0.873. The second kappa shape index (κ2) is 6.33. The van der Waals surface area contributed by atoms with Crippen molar-refractivity contribution in [3.63, 3.8) is 0 Å². The van der Waals surface area contributed by atoms with Gasteiger partial charge in [-0.1, -0.05) is 36.4 Å². The van der Waals surface area contributed by atoms with Crippen molar-refractivity contribution < 1.29 is 9.90 Å². The standard InChI is InChI=1S/C17H19NO2/c1-17(16(19)20,15-10-6-12-18-13-15)11-5-9-14-7-3-2-4-8-14/h2-4,6-8,10,12-13H,5,9,11H2,1H3,(H,19,20). The topological polar surface area (TPSA) is 50.2 Å². The average Bonchev–Trinajstić information content (AvgIpc) is 2.49. The van der Waals surface area contributed by atoms with E-state index >= 15 is 0 Å². The van der Waals surface area contributed by atoms with Gasteiger partial charge in [-0.3, -0.25) is 9.78 Å². The largest absolute Gasteiger partial charge is 0.481 e. The summed E-state index contributed by atoms with van der Waals surface area (Å²) >= 11 is 0. The number of aryl methyl sites for hydroxylation is 1. The van der Waals surface area contributed by atoms with Crippen molar-refractivity contribution in [2.24, 2.45) is 0 Å². The Labute approximate surface area is 119 Å². The third-order valence-corrected chi connectivity index (χ3v) is 3.76. The number of aliphatic carboxylic acids is 1. The van der Waals surface area contributed by atoms with Crippen LogP contribution < -0.4 is 0 Å². The van der Waals surface area contributed by atoms with Crippen LogP contribution in [-0.2, 0) is 16.6 Å². The molecule has 0 aliphatic heterocycles. The second-order valence-corrected chi connectivity index (χ2v) is 5.22. The van der Waals surface area contributed by atoms with Gasteiger partial charge in [0, 0.05) is 12.4 Å². The maximum absolute atomic E-state index is 11.6. The van der Waals surface area contributed by atoms with Gasteiger partial charge in [0.05, 0.1) is 5.41 Å². The Morgan fingerprint density at radius 1 is 1.20 bits per heavy atom. The monoisotopic (exact) mass is 269 g/mol. The van der Waals surface area contributed by atoms with E-state index in [1.165, 1.54) is 5.56 Å². The zero-order valence-electron chi connectivity index (χ0n) is 11.6. The Kier molecular flexibility index (Phi) is 4.51. The zero-order chi connectivity index (χ0) is 14.4. The molecule has 1 N–H and O–H groups in total. The number of hydrogen-bond donors (Lipinski definition) is 1. The number of carbonyl (C=O) groups is 1. The maximum atomic E-state index is 11.6. The van der Waals surface area contributed by atoms with Gasteiger partial charge in [0.2, 0.25) is 0 Å². The van der Waals surface area contributed by atoms with Crippen LogP contribution >= 0.6 is 0 Å². The van der Waals surface area contributed by atoms with Gasteiger partial charge >= 0.3 is 5.97 Å². The molecular weight excluding hydrogens is 250 g/mol. The highest BCUT2D eigenvalue weighted by molar-refractivity contribution is 5.80. The molecule has 1 atom stereocenters. The first-order chi connectivity index (χ1) is 9.63. The van der Waals surface area contributed by atoms with E-state index in [4.69, 9.17) is 0 Å². The molecule has 20 heavy (non-hydrogen) atoms. The van der Waals surface area contributed by atoms with Crippen LogP contribution in [0, 0.1) is 0 Å². The molecular formula is C17H19NO2. The summed E-state index contributed by atoms with van der Waals surface area (Å²) in [6.45, 7) is 1.78. The summed E-state index contributed by atoms with van der Waals surface area (Å²) in [7, 11) is 0. The lowest BCUT2D eigenvalue weighted by Gasteiger charge is -2.25. The first-order valence-electron chi connectivity index (χ1n) is 6.81. The molecule has 0 spiro atoms. The lowest BCUT2D eigenvalue weighted by molar-refractivity contribution is -0.143. The highest BCUT2D eigenvalue weighted by Crippen LogP contribution is 2.29. The Morgan fingerprint density at radius 2 is 1.95 bits per heavy atom. The molecule has 0 fully saturated rings. The molecule has 0 aliphatic carbocycles. The van der Waals surface area contributed by atoms with Gasteiger partial charge in [-0.05, 0) is 43.4 Å². The molecule has 0 saturated carbocycles. The molecule has 0 amide bonds. The van der Waals surface area contributed by atoms with Gasteiger partial charge in [0.25, 0.3) is 0 Å². The molecule has 2 aromatic rings. The van der Waals surface area contributed by atoms with E-state index in [-0.39, 0.29) is 0 Å². The summed E-state index contributed by atoms with van der Waals surface area (Å²) in [4.78, 5) is 15.7. The Hall–Kier alpha value is -2.16. The number of rotatable bonds is 6. The molecule has 104 valence electrons. The van der Waals surface area contributed by atoms with Crippen molar-refractivity contribution in [3.8, 4) is 0 Å². The van der Waals surface area contributed by atoms with Crippen LogP contribution in [0.15, 0.2) is 54.9 Å². The van der Waals surface area contributed by atoms with E-state index in [2.05, 4.69) is 17.1 Å². The van der Waals surface area contributed by atoms with E-state index in [1.807, 2.05) is 24.3 Å². The van der Waals surface area contributed by atoms with E-state index in [0.29, 0.717) is 6.42 Å². The van der Waals surface area contributed by atoms with Crippen molar-refractivity contribution in [2.45, 2.75) is 31.6 Å². The smallest absolute Gasteiger partial charge is 0.313 e. The minimum Gasteiger partial charge on any atom is -0.481 e. The first kappa shape index (κ1) is 14.3. The van der Waals surface area contributed by atoms with Crippen molar-refractivity contribution in [2.75, 3.05) is 0 Å². The van der Waals surface area contributed by atoms with E-state index in [1.54, 1.807) is 25.4 Å². The fraction of sp³-hybridized carbons (Fsp3) is 0.294. The number of pyridine rings is 1. The first-order valence-corrected chi connectivity index (χ1v) is 6.81. The molecule has 1 aromatic carbocycles. The summed E-state index contributed by atoms with van der Waals surface area (Å²) in [6, 6.07) is 13.8. The molecule has 2 rings (SSSR count). The van der Waals surface area contributed by atoms with E-state index in [0.717, 1.165) is 18.4 Å². The fourth-order valence-electron chi connectivity index (χ4n) is 2.35. The highest BCUT2D eigenvalue weighted by Gasteiger charge is 2.34. The van der Waals surface area contributed by atoms with Gasteiger partial charge in [0.1, 0.15) is 0 Å². The number of carboxylic acids is 1. The Balaban J connectivity index is 2.05. The molecule has 1 unspecified atom stereocenters. The minimum atomic E-state index is -0.872. The molecule has 3 nitrogen and oxygen atoms in total. The second-order valence-electron chi connectivity index (χ2n) is 5.22. The summed E-state index contributed by atoms with van der Waals surface area (Å²) in [5.74, 6) is -0.793. The highest BCUT2D eigenvalue weighted by atomic mass is 16.4. The average molecular weight is 269 g/mol. The number of carboxylic acid groups (broad SMARTS) is 1. The lowest BCUT2D eigenvalue weighted by atomic mass is 9.78. The van der Waals surface area contributed by atoms with Crippen LogP contribution in [-0.4, -0.2) is 16.1 Å². The molecule has 1 aromatic heterocycles. The van der Waals surface area contributed by atoms with Gasteiger partial charge in [-0.25, -0.2) is 0 Å². The maximum Gasteiger partial charge on any atom is 0.313 e. The van der Waals surface area contributed by atoms with E-state index < -0.39 is 11.4 Å². The van der Waals surface area contributed by atoms with Crippen LogP contribution in [0.4, 0.5) is 0 Å². The number of nitrogens with zero attached hydrogens (tertiary/aromatic N) is 1. The fourth-order valence-corrected chi connectivity index (χ4v) is 2.35. The SMILES string of the molecule is CC(CCCc1ccccc1)(C(=O)O)c1cccnc1. The van der Waals surface area contributed by atoms with E-state index in [9.17, 15) is 9.90 Å². The van der Waals surface area contributed by atoms with Crippen molar-refractivity contribution in [1.82, 2.24) is 4.98 Å². The van der Waals surface area contributed by atoms with Crippen LogP contribution in [0.25, 0.3) is 0 Å². The predicted octanol–water partition coefficient (Wildman–Crippen LogP) is 3.45. The van der Waals surface area contributed by atoms with Crippen LogP contribution in [0.3, 0.4) is 0 Å². The normalized spacial score (nSPS) is 13.7. The van der Waals surface area contributed by atoms with Crippen LogP contribution in [0.1, 0.15) is 30.9 Å². The number of aromatic nitrogens is 1. The molecule has 0 bridgehead atoms. The van der Waals surface area contributed by atoms with Gasteiger partial charge in [-0.15, -0.1) is 0 Å². The minimum absolute atomic E-state index is 0.600. The summed E-state index contributed by atoms with van der Waals surface area (Å²) in [6.07, 6.45) is 5.64. The number of benzene rings is 1. The number of hydrogen-bond acceptors (Lipinski definition) is 2. The van der Waals surface area contributed by atoms with Crippen LogP contribution in [0.5, 0.6) is 0 Å². The lowest BCUT2D eigenvalue weighted by Crippen LogP contribution is -2.32. The molecule has 0 saturated heterocycles. The van der Waals surface area contributed by atoms with Gasteiger partial charge < -0.3 is 5.11 Å². The Bertz CT molecular complexity index is 554. The molecule has 0 aliphatic rings. The Morgan fingerprint density at radius 3 is 2.55 bits per heavy atom. The van der Waals surface area contributed by atoms with Gasteiger partial charge in [-0.2, -0.15) is 0 Å². The third kappa shape index (κ3) is 3.23.